The summed E-state index contributed by atoms with van der Waals surface area (Å²) in [6.45, 7) is 0. The zero-order chi connectivity index (χ0) is 11.9. The van der Waals surface area contributed by atoms with Crippen LogP contribution in [0.4, 0.5) is 5.69 Å². The van der Waals surface area contributed by atoms with Gasteiger partial charge in [0.05, 0.1) is 5.69 Å². The predicted octanol–water partition coefficient (Wildman–Crippen LogP) is 2.24. The van der Waals surface area contributed by atoms with E-state index < -0.39 is 6.29 Å². The maximum Gasteiger partial charge on any atom is 0.212 e. The Morgan fingerprint density at radius 1 is 1.25 bits per heavy atom. The number of hydrogen-bond acceptors (Lipinski definition) is 4. The molecule has 1 heterocycles. The molecule has 2 N–H and O–H groups in total. The standard InChI is InChI=1S/C11H12BrNO3/c1-13(2)8-5-9-6(3-7(8)12)4-10(16-9)11(14)15/h3-5,11,14-15H,1-2H3. The molecule has 0 amide bonds. The number of fused-ring (bicyclic) bond motifs is 1. The van der Waals surface area contributed by atoms with Gasteiger partial charge < -0.3 is 19.5 Å². The zero-order valence-corrected chi connectivity index (χ0v) is 10.5. The van der Waals surface area contributed by atoms with Crippen molar-refractivity contribution in [3.05, 3.63) is 28.4 Å². The van der Waals surface area contributed by atoms with Crippen molar-refractivity contribution in [1.29, 1.82) is 0 Å². The topological polar surface area (TPSA) is 56.8 Å². The van der Waals surface area contributed by atoms with Crippen molar-refractivity contribution in [1.82, 2.24) is 0 Å². The Balaban J connectivity index is 2.61. The van der Waals surface area contributed by atoms with E-state index in [9.17, 15) is 0 Å². The fourth-order valence-electron chi connectivity index (χ4n) is 1.54. The van der Waals surface area contributed by atoms with Crippen LogP contribution in [0.3, 0.4) is 0 Å². The second kappa shape index (κ2) is 4.08. The highest BCUT2D eigenvalue weighted by molar-refractivity contribution is 9.10. The molecular formula is C11H12BrNO3. The third-order valence-electron chi connectivity index (χ3n) is 2.34. The van der Waals surface area contributed by atoms with E-state index in [0.29, 0.717) is 5.58 Å². The number of anilines is 1. The largest absolute Gasteiger partial charge is 0.456 e. The molecule has 0 aliphatic carbocycles. The van der Waals surface area contributed by atoms with Gasteiger partial charge in [0.15, 0.2) is 5.76 Å². The Morgan fingerprint density at radius 2 is 1.94 bits per heavy atom. The fourth-order valence-corrected chi connectivity index (χ4v) is 2.25. The van der Waals surface area contributed by atoms with Crippen LogP contribution in [-0.2, 0) is 0 Å². The monoisotopic (exact) mass is 285 g/mol. The van der Waals surface area contributed by atoms with Crippen molar-refractivity contribution in [2.75, 3.05) is 19.0 Å². The molecule has 1 aromatic carbocycles. The van der Waals surface area contributed by atoms with Crippen LogP contribution in [0.1, 0.15) is 12.1 Å². The molecule has 0 aliphatic heterocycles. The van der Waals surface area contributed by atoms with E-state index in [2.05, 4.69) is 15.9 Å². The molecule has 5 heteroatoms. The van der Waals surface area contributed by atoms with Gasteiger partial charge in [0.25, 0.3) is 0 Å². The average molecular weight is 286 g/mol. The Hall–Kier alpha value is -1.04. The summed E-state index contributed by atoms with van der Waals surface area (Å²) < 4.78 is 6.26. The van der Waals surface area contributed by atoms with E-state index >= 15 is 0 Å². The third kappa shape index (κ3) is 1.93. The number of halogens is 1. The Bertz CT molecular complexity index is 519. The summed E-state index contributed by atoms with van der Waals surface area (Å²) in [5.74, 6) is 0.151. The number of aliphatic hydroxyl groups excluding tert-OH is 1. The molecule has 0 fully saturated rings. The number of nitrogens with zero attached hydrogens (tertiary/aromatic N) is 1. The molecule has 2 aromatic rings. The smallest absolute Gasteiger partial charge is 0.212 e. The Morgan fingerprint density at radius 3 is 2.50 bits per heavy atom. The van der Waals surface area contributed by atoms with Gasteiger partial charge in [-0.05, 0) is 28.1 Å². The number of benzene rings is 1. The lowest BCUT2D eigenvalue weighted by Crippen LogP contribution is -2.08. The second-order valence-corrected chi connectivity index (χ2v) is 4.61. The maximum atomic E-state index is 9.01. The molecule has 0 unspecified atom stereocenters. The first-order valence-corrected chi connectivity index (χ1v) is 5.55. The molecule has 0 saturated carbocycles. The Kier molecular flexibility index (Phi) is 2.92. The number of hydrogen-bond donors (Lipinski definition) is 2. The molecule has 0 bridgehead atoms. The van der Waals surface area contributed by atoms with Crippen molar-refractivity contribution in [3.63, 3.8) is 0 Å². The lowest BCUT2D eigenvalue weighted by atomic mass is 10.2. The van der Waals surface area contributed by atoms with E-state index in [4.69, 9.17) is 14.6 Å². The van der Waals surface area contributed by atoms with Gasteiger partial charge in [0.1, 0.15) is 5.58 Å². The van der Waals surface area contributed by atoms with E-state index in [1.54, 1.807) is 6.07 Å². The fraction of sp³-hybridized carbons (Fsp3) is 0.273. The lowest BCUT2D eigenvalue weighted by Gasteiger charge is -2.13. The van der Waals surface area contributed by atoms with Crippen molar-refractivity contribution < 1.29 is 14.6 Å². The van der Waals surface area contributed by atoms with Crippen LogP contribution in [0.25, 0.3) is 11.0 Å². The van der Waals surface area contributed by atoms with Gasteiger partial charge in [-0.25, -0.2) is 0 Å². The van der Waals surface area contributed by atoms with Crippen LogP contribution in [0, 0.1) is 0 Å². The number of furan rings is 1. The number of rotatable bonds is 2. The maximum absolute atomic E-state index is 9.01. The van der Waals surface area contributed by atoms with Gasteiger partial charge in [-0.3, -0.25) is 0 Å². The minimum atomic E-state index is -1.58. The molecule has 86 valence electrons. The molecule has 0 radical (unpaired) electrons. The van der Waals surface area contributed by atoms with Gasteiger partial charge in [-0.2, -0.15) is 0 Å². The zero-order valence-electron chi connectivity index (χ0n) is 8.94. The average Bonchev–Trinajstić information content (AvgIpc) is 2.58. The predicted molar refractivity (Wildman–Crippen MR) is 65.4 cm³/mol. The molecule has 4 nitrogen and oxygen atoms in total. The summed E-state index contributed by atoms with van der Waals surface area (Å²) in [5.41, 5.74) is 1.61. The summed E-state index contributed by atoms with van der Waals surface area (Å²) in [6.07, 6.45) is -1.58. The molecule has 1 aromatic heterocycles. The SMILES string of the molecule is CN(C)c1cc2oc(C(O)O)cc2cc1Br. The molecule has 0 aliphatic rings. The summed E-state index contributed by atoms with van der Waals surface area (Å²) in [5, 5.41) is 18.9. The van der Waals surface area contributed by atoms with E-state index in [1.807, 2.05) is 31.1 Å². The van der Waals surface area contributed by atoms with Gasteiger partial charge in [0.2, 0.25) is 6.29 Å². The van der Waals surface area contributed by atoms with Crippen LogP contribution in [0.2, 0.25) is 0 Å². The van der Waals surface area contributed by atoms with Gasteiger partial charge in [0, 0.05) is 30.0 Å². The normalized spacial score (nSPS) is 11.4. The van der Waals surface area contributed by atoms with Crippen LogP contribution in [0.15, 0.2) is 27.1 Å². The molecule has 0 atom stereocenters. The first kappa shape index (κ1) is 11.4. The molecule has 2 rings (SSSR count). The van der Waals surface area contributed by atoms with Gasteiger partial charge in [-0.15, -0.1) is 0 Å². The summed E-state index contributed by atoms with van der Waals surface area (Å²) >= 11 is 3.46. The van der Waals surface area contributed by atoms with Crippen LogP contribution in [0.5, 0.6) is 0 Å². The highest BCUT2D eigenvalue weighted by atomic mass is 79.9. The highest BCUT2D eigenvalue weighted by Crippen LogP contribution is 2.32. The van der Waals surface area contributed by atoms with E-state index in [0.717, 1.165) is 15.5 Å². The summed E-state index contributed by atoms with van der Waals surface area (Å²) in [4.78, 5) is 1.95. The second-order valence-electron chi connectivity index (χ2n) is 3.76. The van der Waals surface area contributed by atoms with E-state index in [-0.39, 0.29) is 5.76 Å². The van der Waals surface area contributed by atoms with Crippen molar-refractivity contribution in [2.24, 2.45) is 0 Å². The summed E-state index contributed by atoms with van der Waals surface area (Å²) in [6, 6.07) is 5.36. The van der Waals surface area contributed by atoms with Crippen molar-refractivity contribution in [2.45, 2.75) is 6.29 Å². The quantitative estimate of drug-likeness (QED) is 0.831. The molecule has 0 saturated heterocycles. The van der Waals surface area contributed by atoms with Crippen LogP contribution >= 0.6 is 15.9 Å². The molecule has 0 spiro atoms. The molecular weight excluding hydrogens is 274 g/mol. The number of aliphatic hydroxyl groups is 2. The van der Waals surface area contributed by atoms with Crippen molar-refractivity contribution in [3.8, 4) is 0 Å². The molecule has 16 heavy (non-hydrogen) atoms. The van der Waals surface area contributed by atoms with Crippen LogP contribution in [-0.4, -0.2) is 24.3 Å². The first-order valence-electron chi connectivity index (χ1n) is 4.75. The Labute approximate surface area is 101 Å². The van der Waals surface area contributed by atoms with Gasteiger partial charge >= 0.3 is 0 Å². The highest BCUT2D eigenvalue weighted by Gasteiger charge is 2.12. The minimum Gasteiger partial charge on any atom is -0.456 e. The summed E-state index contributed by atoms with van der Waals surface area (Å²) in [7, 11) is 3.85. The first-order chi connectivity index (χ1) is 7.49. The van der Waals surface area contributed by atoms with Crippen LogP contribution < -0.4 is 4.90 Å². The van der Waals surface area contributed by atoms with Gasteiger partial charge in [-0.1, -0.05) is 0 Å². The van der Waals surface area contributed by atoms with Crippen molar-refractivity contribution >= 4 is 32.6 Å². The van der Waals surface area contributed by atoms with E-state index in [1.165, 1.54) is 0 Å². The lowest BCUT2D eigenvalue weighted by molar-refractivity contribution is -0.0571. The minimum absolute atomic E-state index is 0.151. The third-order valence-corrected chi connectivity index (χ3v) is 2.98.